The van der Waals surface area contributed by atoms with Gasteiger partial charge >= 0.3 is 5.97 Å². The lowest BCUT2D eigenvalue weighted by atomic mass is 10.1. The number of anilines is 1. The maximum Gasteiger partial charge on any atom is 0.358 e. The van der Waals surface area contributed by atoms with Gasteiger partial charge in [0.05, 0.1) is 26.0 Å². The number of aromatic nitrogens is 1. The molecule has 0 unspecified atom stereocenters. The number of esters is 1. The molecule has 2 fully saturated rings. The Morgan fingerprint density at radius 3 is 2.79 bits per heavy atom. The lowest BCUT2D eigenvalue weighted by molar-refractivity contribution is 0.0593. The van der Waals surface area contributed by atoms with Crippen LogP contribution in [0.2, 0.25) is 0 Å². The summed E-state index contributed by atoms with van der Waals surface area (Å²) in [6.45, 7) is 2.96. The quantitative estimate of drug-likeness (QED) is 0.774. The molecule has 0 spiro atoms. The Morgan fingerprint density at radius 1 is 1.42 bits per heavy atom. The lowest BCUT2D eigenvalue weighted by Crippen LogP contribution is -2.37. The molecule has 1 aliphatic heterocycles. The van der Waals surface area contributed by atoms with Crippen molar-refractivity contribution >= 4 is 11.7 Å². The average molecular weight is 262 g/mol. The Balaban J connectivity index is 1.95. The molecular weight excluding hydrogens is 244 g/mol. The third-order valence-electron chi connectivity index (χ3n) is 3.67. The van der Waals surface area contributed by atoms with Gasteiger partial charge in [0.1, 0.15) is 0 Å². The van der Waals surface area contributed by atoms with E-state index in [0.29, 0.717) is 24.8 Å². The molecule has 0 amide bonds. The summed E-state index contributed by atoms with van der Waals surface area (Å²) >= 11 is 0. The molecule has 1 aromatic rings. The van der Waals surface area contributed by atoms with Gasteiger partial charge in [-0.25, -0.2) is 9.78 Å². The minimum absolute atomic E-state index is 0.371. The van der Waals surface area contributed by atoms with Gasteiger partial charge in [-0.3, -0.25) is 0 Å². The van der Waals surface area contributed by atoms with Gasteiger partial charge in [0.25, 0.3) is 0 Å². The zero-order chi connectivity index (χ0) is 13.2. The SMILES string of the molecule is COC(=O)c1ncc(C2CC2)cc1N1CCOCC1. The minimum Gasteiger partial charge on any atom is -0.464 e. The maximum atomic E-state index is 11.8. The van der Waals surface area contributed by atoms with E-state index in [2.05, 4.69) is 16.0 Å². The highest BCUT2D eigenvalue weighted by Crippen LogP contribution is 2.41. The second-order valence-electron chi connectivity index (χ2n) is 5.00. The number of carbonyl (C=O) groups excluding carboxylic acids is 1. The van der Waals surface area contributed by atoms with Crippen LogP contribution in [-0.4, -0.2) is 44.4 Å². The Hall–Kier alpha value is -1.62. The zero-order valence-corrected chi connectivity index (χ0v) is 11.1. The third kappa shape index (κ3) is 2.56. The summed E-state index contributed by atoms with van der Waals surface area (Å²) in [5, 5.41) is 0. The number of pyridine rings is 1. The van der Waals surface area contributed by atoms with E-state index in [0.717, 1.165) is 18.8 Å². The molecule has 5 nitrogen and oxygen atoms in total. The van der Waals surface area contributed by atoms with E-state index in [9.17, 15) is 4.79 Å². The molecule has 1 aliphatic carbocycles. The van der Waals surface area contributed by atoms with E-state index in [4.69, 9.17) is 9.47 Å². The van der Waals surface area contributed by atoms with Crippen molar-refractivity contribution in [1.29, 1.82) is 0 Å². The highest BCUT2D eigenvalue weighted by atomic mass is 16.5. The van der Waals surface area contributed by atoms with Crippen LogP contribution in [0.5, 0.6) is 0 Å². The van der Waals surface area contributed by atoms with Gasteiger partial charge in [-0.15, -0.1) is 0 Å². The van der Waals surface area contributed by atoms with Gasteiger partial charge in [0.15, 0.2) is 5.69 Å². The molecule has 19 heavy (non-hydrogen) atoms. The van der Waals surface area contributed by atoms with E-state index < -0.39 is 0 Å². The molecule has 0 N–H and O–H groups in total. The molecule has 0 radical (unpaired) electrons. The highest BCUT2D eigenvalue weighted by molar-refractivity contribution is 5.93. The molecule has 1 aromatic heterocycles. The Morgan fingerprint density at radius 2 is 2.16 bits per heavy atom. The number of carbonyl (C=O) groups is 1. The molecule has 0 atom stereocenters. The fraction of sp³-hybridized carbons (Fsp3) is 0.571. The van der Waals surface area contributed by atoms with Crippen LogP contribution in [0.15, 0.2) is 12.3 Å². The summed E-state index contributed by atoms with van der Waals surface area (Å²) in [5.41, 5.74) is 2.53. The number of hydrogen-bond donors (Lipinski definition) is 0. The number of methoxy groups -OCH3 is 1. The van der Waals surface area contributed by atoms with E-state index in [-0.39, 0.29) is 5.97 Å². The molecule has 2 heterocycles. The number of morpholine rings is 1. The summed E-state index contributed by atoms with van der Waals surface area (Å²) in [5.74, 6) is 0.253. The molecule has 0 bridgehead atoms. The fourth-order valence-corrected chi connectivity index (χ4v) is 2.41. The topological polar surface area (TPSA) is 51.7 Å². The predicted molar refractivity (Wildman–Crippen MR) is 70.6 cm³/mol. The zero-order valence-electron chi connectivity index (χ0n) is 11.1. The molecule has 3 rings (SSSR count). The van der Waals surface area contributed by atoms with Crippen LogP contribution >= 0.6 is 0 Å². The van der Waals surface area contributed by atoms with E-state index in [1.54, 1.807) is 0 Å². The molecule has 1 saturated heterocycles. The average Bonchev–Trinajstić information content (AvgIpc) is 3.31. The van der Waals surface area contributed by atoms with Crippen LogP contribution < -0.4 is 4.90 Å². The van der Waals surface area contributed by atoms with Crippen molar-refractivity contribution in [3.8, 4) is 0 Å². The molecule has 5 heteroatoms. The van der Waals surface area contributed by atoms with E-state index in [1.165, 1.54) is 25.5 Å². The van der Waals surface area contributed by atoms with Crippen LogP contribution in [-0.2, 0) is 9.47 Å². The van der Waals surface area contributed by atoms with Crippen LogP contribution in [0.25, 0.3) is 0 Å². The smallest absolute Gasteiger partial charge is 0.358 e. The van der Waals surface area contributed by atoms with Crippen molar-refractivity contribution in [3.63, 3.8) is 0 Å². The minimum atomic E-state index is -0.371. The standard InChI is InChI=1S/C14H18N2O3/c1-18-14(17)13-12(16-4-6-19-7-5-16)8-11(9-15-13)10-2-3-10/h8-10H,2-7H2,1H3. The number of nitrogens with zero attached hydrogens (tertiary/aromatic N) is 2. The van der Waals surface area contributed by atoms with Crippen LogP contribution in [0, 0.1) is 0 Å². The molecule has 1 saturated carbocycles. The van der Waals surface area contributed by atoms with Crippen molar-refractivity contribution < 1.29 is 14.3 Å². The van der Waals surface area contributed by atoms with Gasteiger partial charge in [-0.05, 0) is 30.4 Å². The molecule has 102 valence electrons. The second-order valence-corrected chi connectivity index (χ2v) is 5.00. The van der Waals surface area contributed by atoms with Gasteiger partial charge in [-0.1, -0.05) is 0 Å². The third-order valence-corrected chi connectivity index (χ3v) is 3.67. The Labute approximate surface area is 112 Å². The van der Waals surface area contributed by atoms with Crippen molar-refractivity contribution in [1.82, 2.24) is 4.98 Å². The first-order valence-corrected chi connectivity index (χ1v) is 6.70. The summed E-state index contributed by atoms with van der Waals surface area (Å²) in [6.07, 6.45) is 4.26. The number of ether oxygens (including phenoxy) is 2. The molecule has 2 aliphatic rings. The highest BCUT2D eigenvalue weighted by Gasteiger charge is 2.27. The summed E-state index contributed by atoms with van der Waals surface area (Å²) < 4.78 is 10.2. The molecule has 0 aromatic carbocycles. The first-order valence-electron chi connectivity index (χ1n) is 6.70. The lowest BCUT2D eigenvalue weighted by Gasteiger charge is -2.30. The van der Waals surface area contributed by atoms with Crippen molar-refractivity contribution in [2.45, 2.75) is 18.8 Å². The van der Waals surface area contributed by atoms with Gasteiger partial charge in [0, 0.05) is 19.3 Å². The summed E-state index contributed by atoms with van der Waals surface area (Å²) in [7, 11) is 1.39. The van der Waals surface area contributed by atoms with Crippen molar-refractivity contribution in [2.75, 3.05) is 38.3 Å². The first-order chi connectivity index (χ1) is 9.29. The maximum absolute atomic E-state index is 11.8. The summed E-state index contributed by atoms with van der Waals surface area (Å²) in [6, 6.07) is 2.10. The number of rotatable bonds is 3. The number of hydrogen-bond acceptors (Lipinski definition) is 5. The molecular formula is C14H18N2O3. The van der Waals surface area contributed by atoms with Gasteiger partial charge in [0.2, 0.25) is 0 Å². The van der Waals surface area contributed by atoms with Crippen molar-refractivity contribution in [2.24, 2.45) is 0 Å². The van der Waals surface area contributed by atoms with E-state index >= 15 is 0 Å². The van der Waals surface area contributed by atoms with Gasteiger partial charge < -0.3 is 14.4 Å². The Kier molecular flexibility index (Phi) is 3.38. The van der Waals surface area contributed by atoms with Crippen LogP contribution in [0.1, 0.15) is 34.8 Å². The first kappa shape index (κ1) is 12.4. The Bertz CT molecular complexity index is 480. The predicted octanol–water partition coefficient (Wildman–Crippen LogP) is 1.58. The van der Waals surface area contributed by atoms with Gasteiger partial charge in [-0.2, -0.15) is 0 Å². The normalized spacial score (nSPS) is 19.3. The monoisotopic (exact) mass is 262 g/mol. The summed E-state index contributed by atoms with van der Waals surface area (Å²) in [4.78, 5) is 18.3. The fourth-order valence-electron chi connectivity index (χ4n) is 2.41. The van der Waals surface area contributed by atoms with Crippen molar-refractivity contribution in [3.05, 3.63) is 23.5 Å². The second kappa shape index (κ2) is 5.17. The van der Waals surface area contributed by atoms with Crippen LogP contribution in [0.3, 0.4) is 0 Å². The van der Waals surface area contributed by atoms with E-state index in [1.807, 2.05) is 6.20 Å². The van der Waals surface area contributed by atoms with Crippen LogP contribution in [0.4, 0.5) is 5.69 Å². The largest absolute Gasteiger partial charge is 0.464 e.